The van der Waals surface area contributed by atoms with Crippen LogP contribution in [0.2, 0.25) is 25.8 Å². The van der Waals surface area contributed by atoms with Gasteiger partial charge in [-0.2, -0.15) is 29.9 Å². The molecule has 0 radical (unpaired) electrons. The van der Waals surface area contributed by atoms with E-state index in [0.717, 1.165) is 109 Å². The van der Waals surface area contributed by atoms with Crippen molar-refractivity contribution in [2.75, 3.05) is 159 Å². The number of sulfone groups is 1. The number of aromatic amines is 3. The summed E-state index contributed by atoms with van der Waals surface area (Å²) in [5.74, 6) is 5.22. The lowest BCUT2D eigenvalue weighted by Gasteiger charge is -2.33. The van der Waals surface area contributed by atoms with Crippen LogP contribution < -0.4 is 49.3 Å². The fraction of sp³-hybridized carbons (Fsp3) is 0.525. The smallest absolute Gasteiger partial charge is 0.320 e. The van der Waals surface area contributed by atoms with Gasteiger partial charge in [0, 0.05) is 150 Å². The van der Waals surface area contributed by atoms with Gasteiger partial charge in [0.15, 0.2) is 0 Å². The molecule has 2 aliphatic heterocycles. The topological polar surface area (TPSA) is 416 Å². The minimum atomic E-state index is -3.44. The van der Waals surface area contributed by atoms with E-state index in [2.05, 4.69) is 107 Å². The summed E-state index contributed by atoms with van der Waals surface area (Å²) >= 11 is 28.5. The van der Waals surface area contributed by atoms with Gasteiger partial charge in [0.25, 0.3) is 5.91 Å². The third-order valence-corrected chi connectivity index (χ3v) is 20.4. The Balaban J connectivity index is 0.000000211. The van der Waals surface area contributed by atoms with Gasteiger partial charge in [-0.05, 0) is 119 Å². The van der Waals surface area contributed by atoms with Crippen LogP contribution in [0.15, 0.2) is 84.8 Å². The molecule has 120 heavy (non-hydrogen) atoms. The van der Waals surface area contributed by atoms with E-state index in [4.69, 9.17) is 116 Å². The normalized spacial score (nSPS) is 14.7. The van der Waals surface area contributed by atoms with Gasteiger partial charge >= 0.3 is 18.0 Å². The number of rotatable bonds is 29. The number of aromatic nitrogens is 14. The number of carbonyl (C=O) groups is 1. The van der Waals surface area contributed by atoms with Crippen LogP contribution in [0.5, 0.6) is 35.3 Å². The minimum Gasteiger partial charge on any atom is -0.496 e. The molecule has 40 heteroatoms. The van der Waals surface area contributed by atoms with E-state index in [9.17, 15) is 13.2 Å². The first kappa shape index (κ1) is 98.5. The van der Waals surface area contributed by atoms with Crippen molar-refractivity contribution in [3.05, 3.63) is 128 Å². The number of hydrogen-bond acceptors (Lipinski definition) is 30. The lowest BCUT2D eigenvalue weighted by atomic mass is 9.84. The second-order valence-corrected chi connectivity index (χ2v) is 31.7. The van der Waals surface area contributed by atoms with Gasteiger partial charge in [-0.3, -0.25) is 4.79 Å². The van der Waals surface area contributed by atoms with Crippen molar-refractivity contribution in [3.63, 3.8) is 0 Å². The zero-order chi connectivity index (χ0) is 87.3. The van der Waals surface area contributed by atoms with Crippen molar-refractivity contribution in [2.24, 2.45) is 5.73 Å². The lowest BCUT2D eigenvalue weighted by molar-refractivity contribution is 0.0765. The summed E-state index contributed by atoms with van der Waals surface area (Å²) in [4.78, 5) is 72.6. The molecule has 10 aromatic heterocycles. The first-order valence-corrected chi connectivity index (χ1v) is 42.6. The Morgan fingerprint density at radius 2 is 0.850 bits per heavy atom. The second-order valence-electron chi connectivity index (χ2n) is 27.9. The van der Waals surface area contributed by atoms with E-state index in [1.54, 1.807) is 102 Å². The average molecular weight is 1790 g/mol. The van der Waals surface area contributed by atoms with Crippen LogP contribution in [0, 0.1) is 0 Å². The quantitative estimate of drug-likeness (QED) is 0.0144. The van der Waals surface area contributed by atoms with Gasteiger partial charge < -0.3 is 97.8 Å². The highest BCUT2D eigenvalue weighted by molar-refractivity contribution is 7.90. The molecule has 658 valence electrons. The number of methoxy groups -OCH3 is 9. The zero-order valence-corrected chi connectivity index (χ0v) is 74.8. The summed E-state index contributed by atoms with van der Waals surface area (Å²) in [6, 6.07) is 12.5. The predicted octanol–water partition coefficient (Wildman–Crippen LogP) is 13.0. The van der Waals surface area contributed by atoms with Gasteiger partial charge in [-0.1, -0.05) is 77.3 Å². The van der Waals surface area contributed by atoms with Gasteiger partial charge in [-0.25, -0.2) is 33.3 Å². The van der Waals surface area contributed by atoms with Crippen molar-refractivity contribution in [1.29, 1.82) is 0 Å². The summed E-state index contributed by atoms with van der Waals surface area (Å²) in [5, 5.41) is 15.1. The molecule has 0 unspecified atom stereocenters. The molecule has 34 nitrogen and oxygen atoms in total. The average Bonchev–Trinajstić information content (AvgIpc) is 1.72. The lowest BCUT2D eigenvalue weighted by Crippen LogP contribution is -2.34. The molecule has 0 bridgehead atoms. The molecular weight excluding hydrogens is 1680 g/mol. The summed E-state index contributed by atoms with van der Waals surface area (Å²) in [6.45, 7) is 14.4. The molecule has 7 N–H and O–H groups in total. The van der Waals surface area contributed by atoms with Crippen LogP contribution in [0.1, 0.15) is 130 Å². The number of nitrogens with one attached hydrogen (secondary N) is 4. The molecule has 0 spiro atoms. The molecule has 10 aromatic rings. The summed E-state index contributed by atoms with van der Waals surface area (Å²) in [6.07, 6.45) is 22.1. The molecule has 1 amide bonds. The highest BCUT2D eigenvalue weighted by Crippen LogP contribution is 2.42. The number of aliphatic hydroxyl groups excluding tert-OH is 1. The number of carbonyl (C=O) groups excluding carboxylic acids is 1. The van der Waals surface area contributed by atoms with Crippen LogP contribution in [0.3, 0.4) is 0 Å². The van der Waals surface area contributed by atoms with Crippen molar-refractivity contribution in [3.8, 4) is 35.3 Å². The highest BCUT2D eigenvalue weighted by atomic mass is 35.5. The number of amides is 1. The van der Waals surface area contributed by atoms with Crippen LogP contribution >= 0.6 is 58.0 Å². The van der Waals surface area contributed by atoms with Gasteiger partial charge in [-0.15, -0.1) is 0 Å². The monoisotopic (exact) mass is 1790 g/mol. The third-order valence-electron chi connectivity index (χ3n) is 18.6. The van der Waals surface area contributed by atoms with Crippen LogP contribution in [-0.2, 0) is 38.3 Å². The first-order chi connectivity index (χ1) is 57.7. The van der Waals surface area contributed by atoms with Gasteiger partial charge in [0.1, 0.15) is 95.6 Å². The van der Waals surface area contributed by atoms with Crippen molar-refractivity contribution in [1.82, 2.24) is 75.1 Å². The number of halogens is 5. The van der Waals surface area contributed by atoms with Crippen molar-refractivity contribution < 1.29 is 75.2 Å². The van der Waals surface area contributed by atoms with E-state index in [1.165, 1.54) is 66.3 Å². The number of hydrogen-bond donors (Lipinski definition) is 6. The molecule has 1 saturated carbocycles. The molecule has 0 aromatic carbocycles. The summed E-state index contributed by atoms with van der Waals surface area (Å²) in [7, 11) is 11.3. The number of aliphatic hydroxyl groups is 1. The Morgan fingerprint density at radius 1 is 0.492 bits per heavy atom. The van der Waals surface area contributed by atoms with Gasteiger partial charge in [0.05, 0.1) is 83.2 Å². The number of nitrogens with zero attached hydrogens (tertiary/aromatic N) is 13. The fourth-order valence-electron chi connectivity index (χ4n) is 13.2. The minimum absolute atomic E-state index is 0.00965. The van der Waals surface area contributed by atoms with Crippen molar-refractivity contribution >= 4 is 118 Å². The molecule has 4 atom stereocenters. The van der Waals surface area contributed by atoms with Crippen LogP contribution in [0.25, 0.3) is 33.1 Å². The van der Waals surface area contributed by atoms with Crippen LogP contribution in [0.4, 0.5) is 11.6 Å². The molecule has 3 aliphatic rings. The highest BCUT2D eigenvalue weighted by Gasteiger charge is 2.30. The van der Waals surface area contributed by atoms with E-state index in [0.29, 0.717) is 81.5 Å². The Morgan fingerprint density at radius 3 is 1.19 bits per heavy atom. The predicted molar refractivity (Wildman–Crippen MR) is 463 cm³/mol. The van der Waals surface area contributed by atoms with E-state index in [-0.39, 0.29) is 79.8 Å². The molecule has 12 heterocycles. The number of fused-ring (bicyclic) bond motifs is 3. The largest absolute Gasteiger partial charge is 0.496 e. The number of pyridine rings is 3. The third kappa shape index (κ3) is 31.0. The summed E-state index contributed by atoms with van der Waals surface area (Å²) in [5.41, 5.74) is 11.8. The van der Waals surface area contributed by atoms with E-state index in [1.807, 2.05) is 45.2 Å². The molecule has 1 aliphatic carbocycles. The first-order valence-electron chi connectivity index (χ1n) is 38.9. The standard InChI is InChI=1S/C25H34N6O5.C21H26ClN5O3.C14H18N2O.C8H10Cl2N2O2.C5H4Cl2N2O2S.C4H10O2.C3H9NO/c1-16(15-34-3)36-25-29-19(24(32)27-9-12-33-2)13-21(30-25)31-10-6-17(7-11-31)18-14-28-23-22(18)20(35-4)5-8-26-23;1-13(12-28-2)30-21-25-17(22)10-18(26-21)27-8-5-14(6-9-27)15-11-24-20-19(15)16(29-3)4-7-23-20;1-17-12-7-8-15-14-13(12)11(9-16-14)10-5-3-2-4-6-10;1-5(4-13-2)14-8-11-6(9)3-7(10)12-8;1-12(10,11)5-8-3(6)2-4(7)9-5;1-4(5)3-6-2;1-5-3-2-4/h5,8,13-14,16-17H,6-7,9-12,15H2,1-4H3,(H,26,28)(H,27,32);4,7,10-11,13-14H,5-6,8-9,12H2,1-3H3,(H,23,24);7-10H,2-6H2,1H3,(H,15,16);3,5H,4H2,1-2H3;2H,1H3;4-5H,3H2,1-2H3;2-4H2,1H3/t16-;13-;;5-;;4-;/m11.1.1./s1. The number of nitrogens with two attached hydrogens (primary N) is 1. The molecule has 3 fully saturated rings. The van der Waals surface area contributed by atoms with Crippen LogP contribution in [-0.4, -0.2) is 263 Å². The molecule has 13 rings (SSSR count). The Labute approximate surface area is 724 Å². The SMILES string of the molecule is COCCN.COCCNC(=O)c1cc(N2CCC(c3c[nH]c4nccc(OC)c34)CC2)nc(O[C@H](C)COC)n1.COC[C@@H](C)O.COC[C@@H](C)Oc1nc(Cl)cc(Cl)n1.COC[C@@H](C)Oc1nc(Cl)cc(N2CCC(c3c[nH]c4nccc(OC)c34)CC2)n1.COc1ccnc2[nH]cc(C3CCCCC3)c12.CS(=O)(=O)c1nc(Cl)cc(Cl)n1. The molecule has 2 saturated heterocycles. The number of H-pyrrole nitrogens is 3. The number of piperidine rings is 2. The number of ether oxygens (including phenoxy) is 12. The molecular formula is C80H111Cl5N18O16S. The Kier molecular flexibility index (Phi) is 42.1. The van der Waals surface area contributed by atoms with E-state index >= 15 is 0 Å². The Bertz CT molecular complexity index is 4810. The second kappa shape index (κ2) is 51.3. The maximum absolute atomic E-state index is 12.7. The Hall–Kier alpha value is -8.66. The van der Waals surface area contributed by atoms with Gasteiger partial charge in [0.2, 0.25) is 15.0 Å². The van der Waals surface area contributed by atoms with E-state index < -0.39 is 9.84 Å². The zero-order valence-electron chi connectivity index (χ0n) is 70.2. The fourth-order valence-corrected chi connectivity index (χ4v) is 14.9. The maximum atomic E-state index is 12.7. The van der Waals surface area contributed by atoms with Crippen molar-refractivity contribution in [2.45, 2.75) is 133 Å². The maximum Gasteiger partial charge on any atom is 0.320 e. The summed E-state index contributed by atoms with van der Waals surface area (Å²) < 4.78 is 84.6. The number of anilines is 2.